The van der Waals surface area contributed by atoms with E-state index < -0.39 is 21.6 Å². The summed E-state index contributed by atoms with van der Waals surface area (Å²) in [5, 5.41) is 15.5. The minimum Gasteiger partial charge on any atom is -0.435 e. The number of nitrogens with one attached hydrogen (secondary N) is 1. The van der Waals surface area contributed by atoms with E-state index in [0.29, 0.717) is 17.7 Å². The molecule has 13 heteroatoms. The molecule has 0 bridgehead atoms. The molecule has 1 N–H and O–H groups in total. The summed E-state index contributed by atoms with van der Waals surface area (Å²) in [6.45, 7) is -0.431. The van der Waals surface area contributed by atoms with Crippen LogP contribution in [0.1, 0.15) is 18.9 Å². The second-order valence-electron chi connectivity index (χ2n) is 6.88. The van der Waals surface area contributed by atoms with Crippen molar-refractivity contribution in [3.63, 3.8) is 0 Å². The number of sulfonamides is 1. The number of hydrogen-bond donors (Lipinski definition) is 1. The van der Waals surface area contributed by atoms with Gasteiger partial charge in [-0.1, -0.05) is 6.92 Å². The first-order valence-corrected chi connectivity index (χ1v) is 11.4. The predicted octanol–water partition coefficient (Wildman–Crippen LogP) is 3.44. The summed E-state index contributed by atoms with van der Waals surface area (Å²) in [6.07, 6.45) is 0.431. The van der Waals surface area contributed by atoms with E-state index in [9.17, 15) is 27.3 Å². The first-order valence-electron chi connectivity index (χ1n) is 9.96. The summed E-state index contributed by atoms with van der Waals surface area (Å²) in [4.78, 5) is 10.3. The van der Waals surface area contributed by atoms with Crippen LogP contribution in [0.25, 0.3) is 0 Å². The number of alkyl halides is 2. The lowest BCUT2D eigenvalue weighted by atomic mass is 10.1. The molecule has 10 nitrogen and oxygen atoms in total. The SMILES string of the molecule is CCC(=NNc1ccc([N+](=O)[O-])cc1S(=O)(=O)N1CCOCC1)c1ccc(OC(F)F)cc1. The second-order valence-corrected chi connectivity index (χ2v) is 8.79. The number of hydrazone groups is 1. The molecule has 0 saturated carbocycles. The Morgan fingerprint density at radius 1 is 1.24 bits per heavy atom. The summed E-state index contributed by atoms with van der Waals surface area (Å²) in [5.41, 5.74) is 3.50. The lowest BCUT2D eigenvalue weighted by Gasteiger charge is -2.26. The molecule has 1 aliphatic heterocycles. The Morgan fingerprint density at radius 2 is 1.91 bits per heavy atom. The normalized spacial score (nSPS) is 15.5. The largest absolute Gasteiger partial charge is 0.435 e. The number of ether oxygens (including phenoxy) is 2. The van der Waals surface area contributed by atoms with Gasteiger partial charge in [-0.25, -0.2) is 8.42 Å². The fourth-order valence-corrected chi connectivity index (χ4v) is 4.73. The average Bonchev–Trinajstić information content (AvgIpc) is 2.80. The molecular formula is C20H22F2N4O6S. The van der Waals surface area contributed by atoms with E-state index in [1.54, 1.807) is 12.1 Å². The van der Waals surface area contributed by atoms with Crippen LogP contribution in [-0.2, 0) is 14.8 Å². The molecule has 178 valence electrons. The van der Waals surface area contributed by atoms with E-state index in [-0.39, 0.29) is 48.3 Å². The van der Waals surface area contributed by atoms with Gasteiger partial charge in [-0.2, -0.15) is 18.2 Å². The molecule has 3 rings (SSSR count). The van der Waals surface area contributed by atoms with E-state index in [2.05, 4.69) is 15.3 Å². The number of hydrogen-bond acceptors (Lipinski definition) is 8. The van der Waals surface area contributed by atoms with Gasteiger partial charge >= 0.3 is 6.61 Å². The van der Waals surface area contributed by atoms with Gasteiger partial charge in [-0.15, -0.1) is 0 Å². The molecule has 1 saturated heterocycles. The summed E-state index contributed by atoms with van der Waals surface area (Å²) in [6, 6.07) is 9.27. The molecule has 2 aromatic carbocycles. The standard InChI is InChI=1S/C20H22F2N4O6S/c1-2-17(14-3-6-16(7-4-14)32-20(21)22)23-24-18-8-5-15(26(27)28)13-19(18)33(29,30)25-9-11-31-12-10-25/h3-8,13,20,24H,2,9-12H2,1H3. The van der Waals surface area contributed by atoms with Gasteiger partial charge in [0.05, 0.1) is 29.5 Å². The quantitative estimate of drug-likeness (QED) is 0.328. The highest BCUT2D eigenvalue weighted by Crippen LogP contribution is 2.30. The van der Waals surface area contributed by atoms with Crippen LogP contribution < -0.4 is 10.2 Å². The first kappa shape index (κ1) is 24.5. The van der Waals surface area contributed by atoms with Crippen molar-refractivity contribution in [2.24, 2.45) is 5.10 Å². The fraction of sp³-hybridized carbons (Fsp3) is 0.350. The molecule has 0 radical (unpaired) electrons. The number of benzene rings is 2. The number of halogens is 2. The van der Waals surface area contributed by atoms with Crippen molar-refractivity contribution in [2.75, 3.05) is 31.7 Å². The van der Waals surface area contributed by atoms with Crippen LogP contribution >= 0.6 is 0 Å². The molecule has 1 fully saturated rings. The van der Waals surface area contributed by atoms with Crippen LogP contribution in [0.5, 0.6) is 5.75 Å². The topological polar surface area (TPSA) is 123 Å². The fourth-order valence-electron chi connectivity index (χ4n) is 3.16. The maximum absolute atomic E-state index is 13.2. The zero-order valence-electron chi connectivity index (χ0n) is 17.6. The van der Waals surface area contributed by atoms with E-state index in [4.69, 9.17) is 4.74 Å². The maximum Gasteiger partial charge on any atom is 0.387 e. The van der Waals surface area contributed by atoms with E-state index in [0.717, 1.165) is 6.07 Å². The van der Waals surface area contributed by atoms with Gasteiger partial charge in [0.1, 0.15) is 10.6 Å². The first-order chi connectivity index (χ1) is 15.7. The summed E-state index contributed by atoms with van der Waals surface area (Å²) in [7, 11) is -4.06. The number of nitro benzene ring substituents is 1. The number of nitro groups is 1. The monoisotopic (exact) mass is 484 g/mol. The number of rotatable bonds is 9. The van der Waals surface area contributed by atoms with Gasteiger partial charge in [-0.3, -0.25) is 15.5 Å². The van der Waals surface area contributed by atoms with Crippen LogP contribution in [0.4, 0.5) is 20.2 Å². The third-order valence-electron chi connectivity index (χ3n) is 4.82. The third-order valence-corrected chi connectivity index (χ3v) is 6.76. The second kappa shape index (κ2) is 10.6. The van der Waals surface area contributed by atoms with E-state index >= 15 is 0 Å². The number of anilines is 1. The molecule has 1 aliphatic rings. The van der Waals surface area contributed by atoms with Gasteiger partial charge in [0.15, 0.2) is 0 Å². The molecule has 0 unspecified atom stereocenters. The van der Waals surface area contributed by atoms with E-state index in [1.807, 2.05) is 6.92 Å². The summed E-state index contributed by atoms with van der Waals surface area (Å²) in [5.74, 6) is -0.00794. The van der Waals surface area contributed by atoms with Crippen LogP contribution in [0.15, 0.2) is 52.5 Å². The van der Waals surface area contributed by atoms with Crippen molar-refractivity contribution >= 4 is 27.1 Å². The minimum absolute atomic E-state index is 0.00794. The number of nitrogens with zero attached hydrogens (tertiary/aromatic N) is 3. The minimum atomic E-state index is -4.06. The molecule has 33 heavy (non-hydrogen) atoms. The number of non-ortho nitro benzene ring substituents is 1. The number of morpholine rings is 1. The van der Waals surface area contributed by atoms with Crippen molar-refractivity contribution in [1.82, 2.24) is 4.31 Å². The van der Waals surface area contributed by atoms with Crippen molar-refractivity contribution in [1.29, 1.82) is 0 Å². The van der Waals surface area contributed by atoms with Crippen LogP contribution in [0.2, 0.25) is 0 Å². The van der Waals surface area contributed by atoms with Crippen LogP contribution in [-0.4, -0.2) is 56.3 Å². The summed E-state index contributed by atoms with van der Waals surface area (Å²) >= 11 is 0. The molecule has 0 spiro atoms. The molecule has 0 atom stereocenters. The Morgan fingerprint density at radius 3 is 2.48 bits per heavy atom. The van der Waals surface area contributed by atoms with E-state index in [1.165, 1.54) is 28.6 Å². The van der Waals surface area contributed by atoms with Gasteiger partial charge in [0.25, 0.3) is 5.69 Å². The predicted molar refractivity (Wildman–Crippen MR) is 116 cm³/mol. The third kappa shape index (κ3) is 6.00. The highest BCUT2D eigenvalue weighted by molar-refractivity contribution is 7.89. The molecule has 0 aliphatic carbocycles. The Kier molecular flexibility index (Phi) is 7.89. The molecule has 0 amide bonds. The summed E-state index contributed by atoms with van der Waals surface area (Å²) < 4.78 is 61.8. The lowest BCUT2D eigenvalue weighted by Crippen LogP contribution is -2.40. The van der Waals surface area contributed by atoms with Crippen molar-refractivity contribution in [3.8, 4) is 5.75 Å². The van der Waals surface area contributed by atoms with Gasteiger partial charge in [-0.05, 0) is 42.3 Å². The van der Waals surface area contributed by atoms with Crippen molar-refractivity contribution < 1.29 is 31.6 Å². The molecule has 2 aromatic rings. The Balaban J connectivity index is 1.93. The zero-order chi connectivity index (χ0) is 24.0. The Bertz CT molecular complexity index is 1120. The molecule has 0 aromatic heterocycles. The molecule has 1 heterocycles. The molecular weight excluding hydrogens is 462 g/mol. The highest BCUT2D eigenvalue weighted by Gasteiger charge is 2.30. The van der Waals surface area contributed by atoms with Crippen LogP contribution in [0.3, 0.4) is 0 Å². The van der Waals surface area contributed by atoms with Gasteiger partial charge in [0.2, 0.25) is 10.0 Å². The average molecular weight is 484 g/mol. The van der Waals surface area contributed by atoms with Crippen molar-refractivity contribution in [3.05, 3.63) is 58.1 Å². The highest BCUT2D eigenvalue weighted by atomic mass is 32.2. The lowest BCUT2D eigenvalue weighted by molar-refractivity contribution is -0.385. The van der Waals surface area contributed by atoms with Gasteiger partial charge in [0, 0.05) is 25.2 Å². The van der Waals surface area contributed by atoms with Crippen LogP contribution in [0, 0.1) is 10.1 Å². The zero-order valence-corrected chi connectivity index (χ0v) is 18.4. The Hall–Kier alpha value is -3.16. The van der Waals surface area contributed by atoms with Crippen molar-refractivity contribution in [2.45, 2.75) is 24.9 Å². The van der Waals surface area contributed by atoms with Gasteiger partial charge < -0.3 is 9.47 Å². The maximum atomic E-state index is 13.2. The Labute approximate surface area is 189 Å². The smallest absolute Gasteiger partial charge is 0.387 e.